The minimum Gasteiger partial charge on any atom is -0.497 e. The molecule has 1 N–H and O–H groups in total. The van der Waals surface area contributed by atoms with E-state index in [2.05, 4.69) is 25.4 Å². The van der Waals surface area contributed by atoms with E-state index in [1.165, 1.54) is 12.1 Å². The lowest BCUT2D eigenvalue weighted by molar-refractivity contribution is -0.137. The fourth-order valence-corrected chi connectivity index (χ4v) is 5.59. The Morgan fingerprint density at radius 2 is 1.74 bits per heavy atom. The van der Waals surface area contributed by atoms with Crippen LogP contribution >= 0.6 is 0 Å². The van der Waals surface area contributed by atoms with E-state index in [-0.39, 0.29) is 5.56 Å². The Bertz CT molecular complexity index is 1760. The molecule has 3 heterocycles. The van der Waals surface area contributed by atoms with Crippen LogP contribution in [0, 0.1) is 0 Å². The minimum absolute atomic E-state index is 0.263. The van der Waals surface area contributed by atoms with Gasteiger partial charge in [0.05, 0.1) is 12.7 Å². The number of nitrogens with one attached hydrogen (secondary N) is 1. The van der Waals surface area contributed by atoms with Gasteiger partial charge in [0.1, 0.15) is 11.8 Å². The van der Waals surface area contributed by atoms with E-state index in [0.29, 0.717) is 67.5 Å². The van der Waals surface area contributed by atoms with Gasteiger partial charge in [0.15, 0.2) is 5.82 Å². The van der Waals surface area contributed by atoms with Gasteiger partial charge in [-0.15, -0.1) is 5.10 Å². The molecular weight excluding hydrogens is 559 g/mol. The van der Waals surface area contributed by atoms with Gasteiger partial charge in [0, 0.05) is 54.9 Å². The summed E-state index contributed by atoms with van der Waals surface area (Å²) in [6.07, 6.45) is -3.72. The summed E-state index contributed by atoms with van der Waals surface area (Å²) in [6, 6.07) is 22.1. The standard InChI is InChI=1S/C31H30F3N7O2/c1-43-25-10-11-27-22(18-25)19-26(30(42)35-27)28(29-36-37-38-41(29)13-12-21-6-3-2-4-7-21)40-16-14-39(15-17-40)24-9-5-8-23(20-24)31(32,33)34/h2-11,18-20,28H,12-17H2,1H3,(H,35,42)/t28-/m1/s1. The molecule has 1 aliphatic rings. The number of H-pyrrole nitrogens is 1. The first-order valence-electron chi connectivity index (χ1n) is 14.0. The van der Waals surface area contributed by atoms with Crippen LogP contribution in [0.1, 0.15) is 28.6 Å². The van der Waals surface area contributed by atoms with Gasteiger partial charge in [-0.1, -0.05) is 36.4 Å². The molecule has 12 heteroatoms. The number of hydrogen-bond acceptors (Lipinski definition) is 7. The van der Waals surface area contributed by atoms with Crippen LogP contribution < -0.4 is 15.2 Å². The van der Waals surface area contributed by atoms with Crippen LogP contribution in [0.15, 0.2) is 83.7 Å². The van der Waals surface area contributed by atoms with Crippen molar-refractivity contribution >= 4 is 16.6 Å². The molecule has 0 aliphatic carbocycles. The van der Waals surface area contributed by atoms with Gasteiger partial charge in [-0.3, -0.25) is 9.69 Å². The van der Waals surface area contributed by atoms with Crippen LogP contribution in [0.25, 0.3) is 10.9 Å². The van der Waals surface area contributed by atoms with Crippen LogP contribution in [0.5, 0.6) is 5.75 Å². The second kappa shape index (κ2) is 11.9. The van der Waals surface area contributed by atoms with E-state index in [0.717, 1.165) is 17.0 Å². The highest BCUT2D eigenvalue weighted by Crippen LogP contribution is 2.33. The van der Waals surface area contributed by atoms with E-state index in [9.17, 15) is 18.0 Å². The number of methoxy groups -OCH3 is 1. The predicted octanol–water partition coefficient (Wildman–Crippen LogP) is 4.70. The molecule has 43 heavy (non-hydrogen) atoms. The maximum atomic E-state index is 13.6. The van der Waals surface area contributed by atoms with Crippen molar-refractivity contribution in [1.82, 2.24) is 30.1 Å². The number of benzene rings is 3. The van der Waals surface area contributed by atoms with Crippen LogP contribution in [-0.2, 0) is 19.1 Å². The topological polar surface area (TPSA) is 92.2 Å². The van der Waals surface area contributed by atoms with E-state index in [4.69, 9.17) is 4.74 Å². The van der Waals surface area contributed by atoms with Gasteiger partial charge < -0.3 is 14.6 Å². The molecule has 1 saturated heterocycles. The zero-order chi connectivity index (χ0) is 30.0. The van der Waals surface area contributed by atoms with Crippen molar-refractivity contribution in [2.45, 2.75) is 25.2 Å². The lowest BCUT2D eigenvalue weighted by Gasteiger charge is -2.39. The van der Waals surface area contributed by atoms with Gasteiger partial charge >= 0.3 is 6.18 Å². The van der Waals surface area contributed by atoms with Crippen molar-refractivity contribution in [3.63, 3.8) is 0 Å². The van der Waals surface area contributed by atoms with Gasteiger partial charge in [-0.05, 0) is 64.9 Å². The lowest BCUT2D eigenvalue weighted by Crippen LogP contribution is -2.49. The summed E-state index contributed by atoms with van der Waals surface area (Å²) < 4.78 is 47.2. The Morgan fingerprint density at radius 3 is 2.49 bits per heavy atom. The van der Waals surface area contributed by atoms with Gasteiger partial charge in [-0.25, -0.2) is 4.68 Å². The number of alkyl halides is 3. The van der Waals surface area contributed by atoms with E-state index in [1.54, 1.807) is 30.0 Å². The van der Waals surface area contributed by atoms with E-state index >= 15 is 0 Å². The van der Waals surface area contributed by atoms with Crippen molar-refractivity contribution in [1.29, 1.82) is 0 Å². The number of aromatic nitrogens is 5. The number of nitrogens with zero attached hydrogens (tertiary/aromatic N) is 6. The Kier molecular flexibility index (Phi) is 7.85. The predicted molar refractivity (Wildman–Crippen MR) is 156 cm³/mol. The zero-order valence-corrected chi connectivity index (χ0v) is 23.5. The molecule has 2 aromatic heterocycles. The lowest BCUT2D eigenvalue weighted by atomic mass is 10.0. The highest BCUT2D eigenvalue weighted by Gasteiger charge is 2.34. The molecule has 0 radical (unpaired) electrons. The number of anilines is 1. The third-order valence-corrected chi connectivity index (χ3v) is 7.85. The largest absolute Gasteiger partial charge is 0.497 e. The highest BCUT2D eigenvalue weighted by atomic mass is 19.4. The SMILES string of the molecule is COc1ccc2[nH]c(=O)c([C@H](c3nnnn3CCc3ccccc3)N3CCN(c4cccc(C(F)(F)F)c4)CC3)cc2c1. The molecule has 0 amide bonds. The van der Waals surface area contributed by atoms with E-state index < -0.39 is 17.8 Å². The fourth-order valence-electron chi connectivity index (χ4n) is 5.59. The Morgan fingerprint density at radius 1 is 0.953 bits per heavy atom. The second-order valence-electron chi connectivity index (χ2n) is 10.5. The molecule has 6 rings (SSSR count). The molecule has 9 nitrogen and oxygen atoms in total. The molecule has 1 aliphatic heterocycles. The Balaban J connectivity index is 1.34. The summed E-state index contributed by atoms with van der Waals surface area (Å²) in [5.41, 5.74) is 1.84. The van der Waals surface area contributed by atoms with Gasteiger partial charge in [0.25, 0.3) is 5.56 Å². The molecule has 0 unspecified atom stereocenters. The number of pyridine rings is 1. The third kappa shape index (κ3) is 6.09. The number of tetrazole rings is 1. The number of ether oxygens (including phenoxy) is 1. The molecule has 1 atom stereocenters. The molecule has 222 valence electrons. The van der Waals surface area contributed by atoms with Crippen molar-refractivity contribution in [2.24, 2.45) is 0 Å². The number of aromatic amines is 1. The first-order valence-corrected chi connectivity index (χ1v) is 14.0. The zero-order valence-electron chi connectivity index (χ0n) is 23.5. The molecule has 0 spiro atoms. The average Bonchev–Trinajstić information content (AvgIpc) is 3.49. The molecule has 0 bridgehead atoms. The molecule has 1 fully saturated rings. The number of hydrogen-bond donors (Lipinski definition) is 1. The maximum absolute atomic E-state index is 13.6. The van der Waals surface area contributed by atoms with Gasteiger partial charge in [-0.2, -0.15) is 13.2 Å². The first-order chi connectivity index (χ1) is 20.8. The van der Waals surface area contributed by atoms with Crippen molar-refractivity contribution < 1.29 is 17.9 Å². The fraction of sp³-hybridized carbons (Fsp3) is 0.290. The number of fused-ring (bicyclic) bond motifs is 1. The third-order valence-electron chi connectivity index (χ3n) is 7.85. The Labute approximate surface area is 245 Å². The van der Waals surface area contributed by atoms with Crippen LogP contribution in [0.3, 0.4) is 0 Å². The van der Waals surface area contributed by atoms with Crippen LogP contribution in [0.2, 0.25) is 0 Å². The molecule has 0 saturated carbocycles. The molecule has 5 aromatic rings. The van der Waals surface area contributed by atoms with Crippen LogP contribution in [0.4, 0.5) is 18.9 Å². The number of halogens is 3. The summed E-state index contributed by atoms with van der Waals surface area (Å²) in [5.74, 6) is 1.18. The van der Waals surface area contributed by atoms with E-state index in [1.807, 2.05) is 47.4 Å². The molecular formula is C31H30F3N7O2. The second-order valence-corrected chi connectivity index (χ2v) is 10.5. The monoisotopic (exact) mass is 589 g/mol. The normalized spacial score (nSPS) is 15.1. The summed E-state index contributed by atoms with van der Waals surface area (Å²) in [7, 11) is 1.58. The smallest absolute Gasteiger partial charge is 0.416 e. The van der Waals surface area contributed by atoms with Crippen molar-refractivity contribution in [3.05, 3.63) is 112 Å². The average molecular weight is 590 g/mol. The minimum atomic E-state index is -4.42. The summed E-state index contributed by atoms with van der Waals surface area (Å²) in [4.78, 5) is 20.6. The first kappa shape index (κ1) is 28.4. The summed E-state index contributed by atoms with van der Waals surface area (Å²) >= 11 is 0. The summed E-state index contributed by atoms with van der Waals surface area (Å²) in [5, 5.41) is 13.4. The Hall–Kier alpha value is -4.71. The maximum Gasteiger partial charge on any atom is 0.416 e. The number of piperazine rings is 1. The number of aryl methyl sites for hydroxylation is 2. The highest BCUT2D eigenvalue weighted by molar-refractivity contribution is 5.80. The van der Waals surface area contributed by atoms with Crippen molar-refractivity contribution in [2.75, 3.05) is 38.2 Å². The van der Waals surface area contributed by atoms with Crippen molar-refractivity contribution in [3.8, 4) is 5.75 Å². The summed E-state index contributed by atoms with van der Waals surface area (Å²) in [6.45, 7) is 2.38. The quantitative estimate of drug-likeness (QED) is 0.281. The number of rotatable bonds is 8. The molecule has 3 aromatic carbocycles. The van der Waals surface area contributed by atoms with Crippen LogP contribution in [-0.4, -0.2) is 63.4 Å². The van der Waals surface area contributed by atoms with Gasteiger partial charge in [0.2, 0.25) is 0 Å².